The molecule has 0 unspecified atom stereocenters. The smallest absolute Gasteiger partial charge is 0.258 e. The SMILES string of the molecule is C[C@@H](NC(=O)COc1ccc(Cl)c(Cl)c1)c1ccccc1. The van der Waals surface area contributed by atoms with Gasteiger partial charge >= 0.3 is 0 Å². The van der Waals surface area contributed by atoms with Crippen LogP contribution in [0.1, 0.15) is 18.5 Å². The van der Waals surface area contributed by atoms with Gasteiger partial charge in [-0.15, -0.1) is 0 Å². The van der Waals surface area contributed by atoms with Gasteiger partial charge in [0.1, 0.15) is 5.75 Å². The van der Waals surface area contributed by atoms with E-state index in [4.69, 9.17) is 27.9 Å². The Morgan fingerprint density at radius 1 is 1.14 bits per heavy atom. The number of rotatable bonds is 5. The molecule has 0 fully saturated rings. The molecule has 0 aliphatic rings. The van der Waals surface area contributed by atoms with Crippen molar-refractivity contribution in [2.24, 2.45) is 0 Å². The molecule has 2 rings (SSSR count). The minimum Gasteiger partial charge on any atom is -0.484 e. The summed E-state index contributed by atoms with van der Waals surface area (Å²) >= 11 is 11.7. The summed E-state index contributed by atoms with van der Waals surface area (Å²) in [7, 11) is 0. The van der Waals surface area contributed by atoms with Crippen molar-refractivity contribution < 1.29 is 9.53 Å². The largest absolute Gasteiger partial charge is 0.484 e. The van der Waals surface area contributed by atoms with Gasteiger partial charge in [-0.2, -0.15) is 0 Å². The van der Waals surface area contributed by atoms with Gasteiger partial charge in [0.2, 0.25) is 0 Å². The quantitative estimate of drug-likeness (QED) is 0.893. The van der Waals surface area contributed by atoms with Crippen LogP contribution in [0.2, 0.25) is 10.0 Å². The number of amides is 1. The summed E-state index contributed by atoms with van der Waals surface area (Å²) in [6.45, 7) is 1.85. The predicted octanol–water partition coefficient (Wildman–Crippen LogP) is 4.25. The number of carbonyl (C=O) groups excluding carboxylic acids is 1. The van der Waals surface area contributed by atoms with E-state index in [2.05, 4.69) is 5.32 Å². The second-order valence-electron chi connectivity index (χ2n) is 4.56. The molecule has 21 heavy (non-hydrogen) atoms. The fraction of sp³-hybridized carbons (Fsp3) is 0.188. The third-order valence-electron chi connectivity index (χ3n) is 2.94. The fourth-order valence-electron chi connectivity index (χ4n) is 1.82. The molecule has 110 valence electrons. The molecule has 1 N–H and O–H groups in total. The molecular formula is C16H15Cl2NO2. The summed E-state index contributed by atoms with van der Waals surface area (Å²) in [6.07, 6.45) is 0. The lowest BCUT2D eigenvalue weighted by Crippen LogP contribution is -2.31. The molecular weight excluding hydrogens is 309 g/mol. The lowest BCUT2D eigenvalue weighted by Gasteiger charge is -2.14. The van der Waals surface area contributed by atoms with E-state index in [1.807, 2.05) is 37.3 Å². The highest BCUT2D eigenvalue weighted by molar-refractivity contribution is 6.42. The molecule has 0 aliphatic carbocycles. The standard InChI is InChI=1S/C16H15Cl2NO2/c1-11(12-5-3-2-4-6-12)19-16(20)10-21-13-7-8-14(17)15(18)9-13/h2-9,11H,10H2,1H3,(H,19,20)/t11-/m1/s1. The Hall–Kier alpha value is -1.71. The van der Waals surface area contributed by atoms with E-state index in [0.717, 1.165) is 5.56 Å². The Bertz CT molecular complexity index is 617. The van der Waals surface area contributed by atoms with Crippen molar-refractivity contribution >= 4 is 29.1 Å². The van der Waals surface area contributed by atoms with Gasteiger partial charge in [0.05, 0.1) is 16.1 Å². The molecule has 2 aromatic rings. The van der Waals surface area contributed by atoms with Crippen molar-refractivity contribution in [1.29, 1.82) is 0 Å². The van der Waals surface area contributed by atoms with Crippen LogP contribution < -0.4 is 10.1 Å². The highest BCUT2D eigenvalue weighted by Gasteiger charge is 2.10. The van der Waals surface area contributed by atoms with Crippen LogP contribution in [0.4, 0.5) is 0 Å². The highest BCUT2D eigenvalue weighted by Crippen LogP contribution is 2.26. The number of halogens is 2. The van der Waals surface area contributed by atoms with Gasteiger partial charge in [0, 0.05) is 6.07 Å². The van der Waals surface area contributed by atoms with Crippen molar-refractivity contribution in [1.82, 2.24) is 5.32 Å². The van der Waals surface area contributed by atoms with Gasteiger partial charge in [0.15, 0.2) is 6.61 Å². The minimum absolute atomic E-state index is 0.0731. The lowest BCUT2D eigenvalue weighted by molar-refractivity contribution is -0.123. The van der Waals surface area contributed by atoms with Crippen molar-refractivity contribution in [3.8, 4) is 5.75 Å². The summed E-state index contributed by atoms with van der Waals surface area (Å²) in [5.74, 6) is 0.310. The molecule has 0 aromatic heterocycles. The molecule has 0 saturated carbocycles. The number of carbonyl (C=O) groups is 1. The Morgan fingerprint density at radius 2 is 1.86 bits per heavy atom. The number of ether oxygens (including phenoxy) is 1. The van der Waals surface area contributed by atoms with Crippen LogP contribution in [-0.4, -0.2) is 12.5 Å². The van der Waals surface area contributed by atoms with Gasteiger partial charge in [-0.05, 0) is 24.6 Å². The van der Waals surface area contributed by atoms with E-state index in [0.29, 0.717) is 15.8 Å². The zero-order chi connectivity index (χ0) is 15.2. The normalized spacial score (nSPS) is 11.8. The zero-order valence-electron chi connectivity index (χ0n) is 11.5. The summed E-state index contributed by atoms with van der Waals surface area (Å²) in [6, 6.07) is 14.5. The molecule has 1 amide bonds. The van der Waals surface area contributed by atoms with Crippen LogP contribution >= 0.6 is 23.2 Å². The molecule has 0 spiro atoms. The van der Waals surface area contributed by atoms with Gasteiger partial charge in [-0.1, -0.05) is 53.5 Å². The minimum atomic E-state index is -0.197. The molecule has 0 bridgehead atoms. The van der Waals surface area contributed by atoms with Crippen LogP contribution in [0, 0.1) is 0 Å². The highest BCUT2D eigenvalue weighted by atomic mass is 35.5. The Labute approximate surface area is 133 Å². The summed E-state index contributed by atoms with van der Waals surface area (Å²) in [4.78, 5) is 11.9. The Morgan fingerprint density at radius 3 is 2.52 bits per heavy atom. The van der Waals surface area contributed by atoms with Crippen molar-refractivity contribution in [2.75, 3.05) is 6.61 Å². The second kappa shape index (κ2) is 7.34. The average molecular weight is 324 g/mol. The Balaban J connectivity index is 1.86. The molecule has 0 heterocycles. The van der Waals surface area contributed by atoms with E-state index in [-0.39, 0.29) is 18.6 Å². The first-order chi connectivity index (χ1) is 10.1. The second-order valence-corrected chi connectivity index (χ2v) is 5.38. The molecule has 0 radical (unpaired) electrons. The van der Waals surface area contributed by atoms with Gasteiger partial charge < -0.3 is 10.1 Å². The topological polar surface area (TPSA) is 38.3 Å². The van der Waals surface area contributed by atoms with E-state index < -0.39 is 0 Å². The van der Waals surface area contributed by atoms with Crippen LogP contribution in [0.25, 0.3) is 0 Å². The third-order valence-corrected chi connectivity index (χ3v) is 3.68. The van der Waals surface area contributed by atoms with E-state index in [9.17, 15) is 4.79 Å². The molecule has 2 aromatic carbocycles. The Kier molecular flexibility index (Phi) is 5.48. The van der Waals surface area contributed by atoms with E-state index in [1.165, 1.54) is 0 Å². The third kappa shape index (κ3) is 4.66. The maximum atomic E-state index is 11.9. The number of hydrogen-bond acceptors (Lipinski definition) is 2. The number of hydrogen-bond donors (Lipinski definition) is 1. The average Bonchev–Trinajstić information content (AvgIpc) is 2.49. The first-order valence-electron chi connectivity index (χ1n) is 6.48. The molecule has 0 aliphatic heterocycles. The number of nitrogens with one attached hydrogen (secondary N) is 1. The summed E-state index contributed by atoms with van der Waals surface area (Å²) in [5.41, 5.74) is 1.04. The lowest BCUT2D eigenvalue weighted by atomic mass is 10.1. The summed E-state index contributed by atoms with van der Waals surface area (Å²) < 4.78 is 5.39. The van der Waals surface area contributed by atoms with Crippen molar-refractivity contribution in [3.05, 3.63) is 64.1 Å². The van der Waals surface area contributed by atoms with Gasteiger partial charge in [-0.25, -0.2) is 0 Å². The number of benzene rings is 2. The van der Waals surface area contributed by atoms with Crippen LogP contribution in [0.15, 0.2) is 48.5 Å². The van der Waals surface area contributed by atoms with Crippen LogP contribution in [0.5, 0.6) is 5.75 Å². The molecule has 3 nitrogen and oxygen atoms in total. The maximum Gasteiger partial charge on any atom is 0.258 e. The fourth-order valence-corrected chi connectivity index (χ4v) is 2.11. The zero-order valence-corrected chi connectivity index (χ0v) is 13.0. The first kappa shape index (κ1) is 15.7. The maximum absolute atomic E-state index is 11.9. The van der Waals surface area contributed by atoms with Crippen molar-refractivity contribution in [3.63, 3.8) is 0 Å². The monoisotopic (exact) mass is 323 g/mol. The summed E-state index contributed by atoms with van der Waals surface area (Å²) in [5, 5.41) is 3.72. The first-order valence-corrected chi connectivity index (χ1v) is 7.24. The van der Waals surface area contributed by atoms with Crippen LogP contribution in [-0.2, 0) is 4.79 Å². The van der Waals surface area contributed by atoms with Gasteiger partial charge in [0.25, 0.3) is 5.91 Å². The van der Waals surface area contributed by atoms with Gasteiger partial charge in [-0.3, -0.25) is 4.79 Å². The molecule has 5 heteroatoms. The molecule has 0 saturated heterocycles. The van der Waals surface area contributed by atoms with Crippen LogP contribution in [0.3, 0.4) is 0 Å². The van der Waals surface area contributed by atoms with Crippen molar-refractivity contribution in [2.45, 2.75) is 13.0 Å². The molecule has 1 atom stereocenters. The predicted molar refractivity (Wildman–Crippen MR) is 85.0 cm³/mol. The van der Waals surface area contributed by atoms with E-state index in [1.54, 1.807) is 18.2 Å². The van der Waals surface area contributed by atoms with E-state index >= 15 is 0 Å².